The van der Waals surface area contributed by atoms with Crippen LogP contribution in [0.3, 0.4) is 0 Å². The van der Waals surface area contributed by atoms with Crippen LogP contribution in [0.1, 0.15) is 91.9 Å². The maximum Gasteiger partial charge on any atom is 0.0593 e. The number of hydrogen-bond donors (Lipinski definition) is 0. The van der Waals surface area contributed by atoms with Crippen LogP contribution in [0.4, 0.5) is 0 Å². The first-order chi connectivity index (χ1) is 13.1. The molecular weight excluding hydrogens is 338 g/mol. The van der Waals surface area contributed by atoms with Gasteiger partial charge in [0.15, 0.2) is 0 Å². The van der Waals surface area contributed by atoms with Gasteiger partial charge in [-0.25, -0.2) is 0 Å². The van der Waals surface area contributed by atoms with Crippen molar-refractivity contribution in [2.24, 2.45) is 0 Å². The molecule has 0 saturated carbocycles. The van der Waals surface area contributed by atoms with Gasteiger partial charge in [0.25, 0.3) is 0 Å². The summed E-state index contributed by atoms with van der Waals surface area (Å²) in [6.07, 6.45) is 13.0. The molecule has 0 aliphatic heterocycles. The van der Waals surface area contributed by atoms with Gasteiger partial charge in [-0.15, -0.1) is 0 Å². The fourth-order valence-electron chi connectivity index (χ4n) is 2.29. The summed E-state index contributed by atoms with van der Waals surface area (Å²) in [5.41, 5.74) is 0. The number of hydrogen-bond acceptors (Lipinski definition) is 4. The topological polar surface area (TPSA) is 30.9 Å². The van der Waals surface area contributed by atoms with Crippen molar-refractivity contribution in [1.29, 1.82) is 0 Å². The minimum atomic E-state index is 0.402. The molecule has 0 N–H and O–H groups in total. The summed E-state index contributed by atoms with van der Waals surface area (Å²) in [5, 5.41) is 0. The lowest BCUT2D eigenvalue weighted by molar-refractivity contribution is 0.0528. The molecule has 27 heavy (non-hydrogen) atoms. The smallest absolute Gasteiger partial charge is 0.0593 e. The van der Waals surface area contributed by atoms with Crippen molar-refractivity contribution in [3.05, 3.63) is 0 Å². The highest BCUT2D eigenvalue weighted by Gasteiger charge is 1.97. The van der Waals surface area contributed by atoms with Crippen molar-refractivity contribution in [3.63, 3.8) is 0 Å². The average molecular weight is 390 g/mol. The standard InChI is InChI=1S/C12H27NO2.C11H24O/c1-5-12(2)15-10-7-6-9-14-11-8-13(3)4;1-3-5-6-7-8-9-11-12-10-4-2/h12H,5-11H2,1-4H3;3-11H2,1-2H3. The maximum atomic E-state index is 5.57. The predicted molar refractivity (Wildman–Crippen MR) is 119 cm³/mol. The lowest BCUT2D eigenvalue weighted by Crippen LogP contribution is -2.18. The molecule has 0 rings (SSSR count). The Bertz CT molecular complexity index is 240. The van der Waals surface area contributed by atoms with E-state index >= 15 is 0 Å². The molecule has 4 heteroatoms. The van der Waals surface area contributed by atoms with Gasteiger partial charge in [0, 0.05) is 33.0 Å². The van der Waals surface area contributed by atoms with E-state index in [1.54, 1.807) is 0 Å². The minimum Gasteiger partial charge on any atom is -0.381 e. The molecule has 0 radical (unpaired) electrons. The second-order valence-electron chi connectivity index (χ2n) is 7.59. The van der Waals surface area contributed by atoms with Crippen molar-refractivity contribution in [2.45, 2.75) is 98.0 Å². The Balaban J connectivity index is 0. The van der Waals surface area contributed by atoms with Gasteiger partial charge in [-0.2, -0.15) is 0 Å². The quantitative estimate of drug-likeness (QED) is 0.256. The van der Waals surface area contributed by atoms with Gasteiger partial charge in [-0.1, -0.05) is 52.9 Å². The van der Waals surface area contributed by atoms with E-state index in [-0.39, 0.29) is 0 Å². The van der Waals surface area contributed by atoms with Gasteiger partial charge >= 0.3 is 0 Å². The van der Waals surface area contributed by atoms with Crippen molar-refractivity contribution in [1.82, 2.24) is 4.90 Å². The van der Waals surface area contributed by atoms with Gasteiger partial charge in [0.05, 0.1) is 12.7 Å². The monoisotopic (exact) mass is 389 g/mol. The van der Waals surface area contributed by atoms with Crippen LogP contribution in [0.5, 0.6) is 0 Å². The van der Waals surface area contributed by atoms with Gasteiger partial charge in [-0.3, -0.25) is 0 Å². The molecule has 0 saturated heterocycles. The summed E-state index contributed by atoms with van der Waals surface area (Å²) in [4.78, 5) is 2.13. The van der Waals surface area contributed by atoms with E-state index < -0.39 is 0 Å². The van der Waals surface area contributed by atoms with E-state index in [9.17, 15) is 0 Å². The summed E-state index contributed by atoms with van der Waals surface area (Å²) < 4.78 is 16.4. The predicted octanol–water partition coefficient (Wildman–Crippen LogP) is 5.93. The number of likely N-dealkylation sites (N-methyl/N-ethyl adjacent to an activating group) is 1. The zero-order chi connectivity index (χ0) is 20.6. The fourth-order valence-corrected chi connectivity index (χ4v) is 2.29. The molecule has 166 valence electrons. The Morgan fingerprint density at radius 1 is 0.630 bits per heavy atom. The average Bonchev–Trinajstić information content (AvgIpc) is 2.66. The molecule has 0 aliphatic rings. The highest BCUT2D eigenvalue weighted by atomic mass is 16.5. The number of unbranched alkanes of at least 4 members (excludes halogenated alkanes) is 6. The number of rotatable bonds is 19. The highest BCUT2D eigenvalue weighted by molar-refractivity contribution is 4.46. The maximum absolute atomic E-state index is 5.57. The molecule has 0 bridgehead atoms. The Morgan fingerprint density at radius 2 is 1.19 bits per heavy atom. The fraction of sp³-hybridized carbons (Fsp3) is 1.00. The van der Waals surface area contributed by atoms with Gasteiger partial charge < -0.3 is 19.1 Å². The normalized spacial score (nSPS) is 12.1. The number of ether oxygens (including phenoxy) is 3. The zero-order valence-corrected chi connectivity index (χ0v) is 19.6. The summed E-state index contributed by atoms with van der Waals surface area (Å²) >= 11 is 0. The summed E-state index contributed by atoms with van der Waals surface area (Å²) in [6.45, 7) is 14.1. The Hall–Kier alpha value is -0.160. The first kappa shape index (κ1) is 29.0. The molecule has 0 aromatic heterocycles. The molecule has 4 nitrogen and oxygen atoms in total. The SMILES string of the molecule is CCC(C)OCCCCOCCN(C)C.CCCCCCCCOCCC. The molecule has 0 aromatic rings. The third-order valence-electron chi connectivity index (χ3n) is 4.33. The molecule has 1 unspecified atom stereocenters. The van der Waals surface area contributed by atoms with E-state index in [2.05, 4.69) is 46.7 Å². The van der Waals surface area contributed by atoms with Crippen LogP contribution < -0.4 is 0 Å². The van der Waals surface area contributed by atoms with Crippen LogP contribution >= 0.6 is 0 Å². The van der Waals surface area contributed by atoms with Crippen LogP contribution in [-0.4, -0.2) is 64.7 Å². The van der Waals surface area contributed by atoms with Gasteiger partial charge in [0.2, 0.25) is 0 Å². The van der Waals surface area contributed by atoms with Crippen LogP contribution in [0.2, 0.25) is 0 Å². The Labute approximate surface area is 171 Å². The minimum absolute atomic E-state index is 0.402. The van der Waals surface area contributed by atoms with Gasteiger partial charge in [-0.05, 0) is 53.1 Å². The lowest BCUT2D eigenvalue weighted by Gasteiger charge is -2.11. The summed E-state index contributed by atoms with van der Waals surface area (Å²) in [7, 11) is 4.12. The zero-order valence-electron chi connectivity index (χ0n) is 19.6. The van der Waals surface area contributed by atoms with Crippen molar-refractivity contribution < 1.29 is 14.2 Å². The van der Waals surface area contributed by atoms with Crippen molar-refractivity contribution >= 4 is 0 Å². The van der Waals surface area contributed by atoms with E-state index in [0.29, 0.717) is 6.10 Å². The molecule has 0 heterocycles. The van der Waals surface area contributed by atoms with Crippen LogP contribution in [0.15, 0.2) is 0 Å². The van der Waals surface area contributed by atoms with Gasteiger partial charge in [0.1, 0.15) is 0 Å². The van der Waals surface area contributed by atoms with Crippen LogP contribution in [0, 0.1) is 0 Å². The molecule has 0 amide bonds. The van der Waals surface area contributed by atoms with E-state index in [1.165, 1.54) is 38.5 Å². The number of nitrogens with zero attached hydrogens (tertiary/aromatic N) is 1. The summed E-state index contributed by atoms with van der Waals surface area (Å²) in [6, 6.07) is 0. The largest absolute Gasteiger partial charge is 0.381 e. The first-order valence-electron chi connectivity index (χ1n) is 11.5. The second-order valence-corrected chi connectivity index (χ2v) is 7.59. The first-order valence-corrected chi connectivity index (χ1v) is 11.5. The van der Waals surface area contributed by atoms with Crippen LogP contribution in [0.25, 0.3) is 0 Å². The van der Waals surface area contributed by atoms with Crippen LogP contribution in [-0.2, 0) is 14.2 Å². The molecule has 0 spiro atoms. The third-order valence-corrected chi connectivity index (χ3v) is 4.33. The Kier molecular flexibility index (Phi) is 27.8. The van der Waals surface area contributed by atoms with Crippen molar-refractivity contribution in [3.8, 4) is 0 Å². The molecular formula is C23H51NO3. The molecule has 0 fully saturated rings. The second kappa shape index (κ2) is 25.8. The Morgan fingerprint density at radius 3 is 1.78 bits per heavy atom. The third kappa shape index (κ3) is 30.8. The van der Waals surface area contributed by atoms with E-state index in [0.717, 1.165) is 65.3 Å². The van der Waals surface area contributed by atoms with E-state index in [4.69, 9.17) is 14.2 Å². The van der Waals surface area contributed by atoms with Crippen molar-refractivity contribution in [2.75, 3.05) is 53.7 Å². The summed E-state index contributed by atoms with van der Waals surface area (Å²) in [5.74, 6) is 0. The highest BCUT2D eigenvalue weighted by Crippen LogP contribution is 2.04. The molecule has 0 aliphatic carbocycles. The molecule has 1 atom stereocenters. The van der Waals surface area contributed by atoms with E-state index in [1.807, 2.05) is 0 Å². The molecule has 0 aromatic carbocycles. The lowest BCUT2D eigenvalue weighted by atomic mass is 10.1.